The maximum atomic E-state index is 15.2. The Bertz CT molecular complexity index is 2720. The van der Waals surface area contributed by atoms with Gasteiger partial charge in [-0.15, -0.1) is 0 Å². The first kappa shape index (κ1) is 58.0. The van der Waals surface area contributed by atoms with E-state index in [0.717, 1.165) is 25.9 Å². The molecule has 0 bridgehead atoms. The number of nitrogens with zero attached hydrogens (tertiary/aromatic N) is 2. The fourth-order valence-corrected chi connectivity index (χ4v) is 11.4. The number of Topliss-reactive ketones (excluding diaryl/α,β-unsaturated/α-hetero) is 2. The first-order valence-corrected chi connectivity index (χ1v) is 27.7. The predicted octanol–water partition coefficient (Wildman–Crippen LogP) is 13.4. The number of methoxy groups -OCH3 is 2. The Morgan fingerprint density at radius 1 is 0.449 bits per heavy atom. The number of carbonyl (C=O) groups is 4. The number of ether oxygens (including phenoxy) is 6. The summed E-state index contributed by atoms with van der Waals surface area (Å²) in [5, 5.41) is 1.97. The van der Waals surface area contributed by atoms with E-state index in [2.05, 4.69) is 9.80 Å². The first-order valence-electron chi connectivity index (χ1n) is 26.2. The van der Waals surface area contributed by atoms with Crippen LogP contribution in [0.2, 0.25) is 20.1 Å². The lowest BCUT2D eigenvalue weighted by atomic mass is 9.71. The smallest absolute Gasteiger partial charge is 0.418 e. The number of esters is 2. The summed E-state index contributed by atoms with van der Waals surface area (Å²) in [4.78, 5) is 58.9. The topological polar surface area (TPSA) is 130 Å². The lowest BCUT2D eigenvalue weighted by Crippen LogP contribution is -2.50. The molecule has 2 heterocycles. The molecule has 2 saturated heterocycles. The molecule has 0 amide bonds. The van der Waals surface area contributed by atoms with E-state index in [-0.39, 0.29) is 23.4 Å². The van der Waals surface area contributed by atoms with Crippen LogP contribution < -0.4 is 18.9 Å². The van der Waals surface area contributed by atoms with Gasteiger partial charge < -0.3 is 38.2 Å². The minimum Gasteiger partial charge on any atom is -0.493 e. The average Bonchev–Trinajstić information content (AvgIpc) is 3.49. The molecule has 12 nitrogen and oxygen atoms in total. The van der Waals surface area contributed by atoms with Crippen molar-refractivity contribution in [3.05, 3.63) is 187 Å². The molecule has 2 fully saturated rings. The van der Waals surface area contributed by atoms with E-state index in [1.807, 2.05) is 48.5 Å². The van der Waals surface area contributed by atoms with Crippen molar-refractivity contribution in [2.24, 2.45) is 11.8 Å². The number of halogens is 4. The van der Waals surface area contributed by atoms with E-state index < -0.39 is 23.1 Å². The number of rotatable bonds is 22. The van der Waals surface area contributed by atoms with Crippen LogP contribution in [0.1, 0.15) is 95.3 Å². The van der Waals surface area contributed by atoms with Crippen LogP contribution in [-0.4, -0.2) is 100 Å². The van der Waals surface area contributed by atoms with Crippen molar-refractivity contribution in [3.8, 4) is 23.0 Å². The summed E-state index contributed by atoms with van der Waals surface area (Å²) >= 11 is 26.1. The Balaban J connectivity index is 1.03. The van der Waals surface area contributed by atoms with Crippen molar-refractivity contribution in [2.75, 3.05) is 66.7 Å². The summed E-state index contributed by atoms with van der Waals surface area (Å²) in [5.74, 6) is -0.944. The number of carbonyl (C=O) groups excluding carboxylic acids is 4. The summed E-state index contributed by atoms with van der Waals surface area (Å²) in [6, 6.07) is 39.1. The lowest BCUT2D eigenvalue weighted by Gasteiger charge is -2.46. The van der Waals surface area contributed by atoms with Crippen LogP contribution in [0.5, 0.6) is 23.0 Å². The summed E-state index contributed by atoms with van der Waals surface area (Å²) in [6.07, 6.45) is 3.83. The molecule has 8 rings (SSSR count). The van der Waals surface area contributed by atoms with Crippen LogP contribution in [0.3, 0.4) is 0 Å². The number of hydrogen-bond donors (Lipinski definition) is 0. The van der Waals surface area contributed by atoms with E-state index in [4.69, 9.17) is 74.8 Å². The normalized spacial score (nSPS) is 14.8. The maximum Gasteiger partial charge on any atom is 0.418 e. The third-order valence-electron chi connectivity index (χ3n) is 15.0. The second-order valence-electron chi connectivity index (χ2n) is 19.8. The van der Waals surface area contributed by atoms with E-state index in [1.165, 1.54) is 13.8 Å². The zero-order chi connectivity index (χ0) is 55.4. The first-order chi connectivity index (χ1) is 37.6. The largest absolute Gasteiger partial charge is 0.493 e. The fourth-order valence-electron chi connectivity index (χ4n) is 10.9. The van der Waals surface area contributed by atoms with Crippen molar-refractivity contribution in [1.29, 1.82) is 0 Å². The molecule has 0 atom stereocenters. The average molecular weight is 1140 g/mol. The Morgan fingerprint density at radius 2 is 0.744 bits per heavy atom. The molecule has 0 saturated carbocycles. The van der Waals surface area contributed by atoms with Gasteiger partial charge in [-0.1, -0.05) is 94.9 Å². The summed E-state index contributed by atoms with van der Waals surface area (Å²) in [6.45, 7) is 8.01. The predicted molar refractivity (Wildman–Crippen MR) is 304 cm³/mol. The molecule has 6 aromatic rings. The maximum absolute atomic E-state index is 15.2. The lowest BCUT2D eigenvalue weighted by molar-refractivity contribution is -0.191. The van der Waals surface area contributed by atoms with Gasteiger partial charge in [0.2, 0.25) is 0 Å². The number of piperidine rings is 2. The van der Waals surface area contributed by atoms with Gasteiger partial charge in [0.1, 0.15) is 0 Å². The standard InChI is InChI=1S/C62H64Cl4N2O10/c1-41(69)43-7-25-55(57(39-43)73-3)75-37-5-31-67-33-27-49(28-34-67)61(45-9-17-51(63)18-10-45,46-11-19-52(64)20-12-46)77-59(71)60(72)78-62(47-13-21-53(65)22-14-47,48-15-23-54(66)24-16-48)50-29-35-68(36-30-50)32-6-38-76-56-26-8-44(42(2)70)40-58(56)74-4/h7-26,39-40,49-50H,5-6,27-38H2,1-4H3. The third kappa shape index (κ3) is 13.6. The number of ketones is 2. The molecule has 2 aliphatic rings. The summed E-state index contributed by atoms with van der Waals surface area (Å²) in [7, 11) is 3.10. The quantitative estimate of drug-likeness (QED) is 0.0278. The Labute approximate surface area is 476 Å². The molecule has 0 aromatic heterocycles. The third-order valence-corrected chi connectivity index (χ3v) is 16.0. The van der Waals surface area contributed by atoms with E-state index in [0.29, 0.717) is 142 Å². The zero-order valence-corrected chi connectivity index (χ0v) is 47.3. The van der Waals surface area contributed by atoms with E-state index in [9.17, 15) is 9.59 Å². The molecule has 0 aliphatic carbocycles. The van der Waals surface area contributed by atoms with Gasteiger partial charge in [0, 0.05) is 78.4 Å². The van der Waals surface area contributed by atoms with Gasteiger partial charge in [-0.3, -0.25) is 9.59 Å². The van der Waals surface area contributed by atoms with Crippen molar-refractivity contribution >= 4 is 69.9 Å². The highest BCUT2D eigenvalue weighted by Gasteiger charge is 2.52. The molecular formula is C62H64Cl4N2O10. The zero-order valence-electron chi connectivity index (χ0n) is 44.2. The number of benzene rings is 6. The molecule has 2 aliphatic heterocycles. The van der Waals surface area contributed by atoms with Gasteiger partial charge in [0.15, 0.2) is 45.8 Å². The van der Waals surface area contributed by atoms with Crippen molar-refractivity contribution in [3.63, 3.8) is 0 Å². The van der Waals surface area contributed by atoms with Gasteiger partial charge in [0.25, 0.3) is 0 Å². The van der Waals surface area contributed by atoms with Crippen LogP contribution in [0.15, 0.2) is 133 Å². The van der Waals surface area contributed by atoms with Gasteiger partial charge in [0.05, 0.1) is 27.4 Å². The highest BCUT2D eigenvalue weighted by Crippen LogP contribution is 2.49. The number of likely N-dealkylation sites (tertiary alicyclic amines) is 2. The molecule has 78 heavy (non-hydrogen) atoms. The molecule has 0 unspecified atom stereocenters. The molecular weight excluding hydrogens is 1070 g/mol. The highest BCUT2D eigenvalue weighted by atomic mass is 35.5. The van der Waals surface area contributed by atoms with Crippen LogP contribution in [-0.2, 0) is 30.3 Å². The molecule has 6 aromatic carbocycles. The molecule has 0 N–H and O–H groups in total. The van der Waals surface area contributed by atoms with Crippen molar-refractivity contribution in [1.82, 2.24) is 9.80 Å². The van der Waals surface area contributed by atoms with Gasteiger partial charge in [-0.05, 0) is 163 Å². The fraction of sp³-hybridized carbons (Fsp3) is 0.355. The molecule has 0 radical (unpaired) electrons. The monoisotopic (exact) mass is 1140 g/mol. The Morgan fingerprint density at radius 3 is 1.01 bits per heavy atom. The van der Waals surface area contributed by atoms with E-state index >= 15 is 9.59 Å². The minimum atomic E-state index is -1.48. The Hall–Kier alpha value is -6.12. The van der Waals surface area contributed by atoms with Gasteiger partial charge in [-0.25, -0.2) is 9.59 Å². The molecule has 410 valence electrons. The second kappa shape index (κ2) is 26.7. The SMILES string of the molecule is COc1cc(C(C)=O)ccc1OCCCN1CCC(C(OC(=O)C(=O)OC(c2ccc(Cl)cc2)(c2ccc(Cl)cc2)C2CCN(CCCOc3ccc(C(C)=O)cc3OC)CC2)(c2ccc(Cl)cc2)c2ccc(Cl)cc2)CC1. The Kier molecular flexibility index (Phi) is 19.9. The minimum absolute atomic E-state index is 0.0585. The van der Waals surface area contributed by atoms with Crippen molar-refractivity contribution < 1.29 is 47.6 Å². The molecule has 16 heteroatoms. The van der Waals surface area contributed by atoms with Crippen LogP contribution in [0.4, 0.5) is 0 Å². The summed E-state index contributed by atoms with van der Waals surface area (Å²) in [5.41, 5.74) is 0.668. The second-order valence-corrected chi connectivity index (χ2v) is 21.5. The number of hydrogen-bond acceptors (Lipinski definition) is 12. The summed E-state index contributed by atoms with van der Waals surface area (Å²) < 4.78 is 36.9. The van der Waals surface area contributed by atoms with Gasteiger partial charge in [-0.2, -0.15) is 0 Å². The highest BCUT2D eigenvalue weighted by molar-refractivity contribution is 6.32. The van der Waals surface area contributed by atoms with Crippen LogP contribution >= 0.6 is 46.4 Å². The van der Waals surface area contributed by atoms with Gasteiger partial charge >= 0.3 is 11.9 Å². The molecule has 0 spiro atoms. The van der Waals surface area contributed by atoms with Crippen molar-refractivity contribution in [2.45, 2.75) is 63.6 Å². The van der Waals surface area contributed by atoms with E-state index in [1.54, 1.807) is 99.1 Å². The van der Waals surface area contributed by atoms with Crippen LogP contribution in [0, 0.1) is 11.8 Å². The van der Waals surface area contributed by atoms with Crippen LogP contribution in [0.25, 0.3) is 0 Å².